The van der Waals surface area contributed by atoms with Crippen LogP contribution in [-0.2, 0) is 0 Å². The van der Waals surface area contributed by atoms with Crippen molar-refractivity contribution >= 4 is 11.3 Å². The van der Waals surface area contributed by atoms with Crippen LogP contribution in [0.3, 0.4) is 0 Å². The third-order valence-corrected chi connectivity index (χ3v) is 3.86. The zero-order valence-electron chi connectivity index (χ0n) is 9.31. The van der Waals surface area contributed by atoms with Crippen LogP contribution in [-0.4, -0.2) is 5.11 Å². The Morgan fingerprint density at radius 3 is 2.93 bits per heavy atom. The van der Waals surface area contributed by atoms with Crippen LogP contribution in [0.25, 0.3) is 0 Å². The van der Waals surface area contributed by atoms with Gasteiger partial charge in [0.25, 0.3) is 0 Å². The van der Waals surface area contributed by atoms with Crippen molar-refractivity contribution in [2.24, 2.45) is 11.8 Å². The molecular formula is C13H18OS. The lowest BCUT2D eigenvalue weighted by Crippen LogP contribution is -2.18. The SMILES string of the molecule is CC1=CC(C)CC(C(O)c2ccsc2)C1. The predicted octanol–water partition coefficient (Wildman–Crippen LogP) is 3.77. The number of hydrogen-bond acceptors (Lipinski definition) is 2. The van der Waals surface area contributed by atoms with Crippen LogP contribution in [0.4, 0.5) is 0 Å². The summed E-state index contributed by atoms with van der Waals surface area (Å²) in [5, 5.41) is 14.3. The summed E-state index contributed by atoms with van der Waals surface area (Å²) in [7, 11) is 0. The van der Waals surface area contributed by atoms with Crippen molar-refractivity contribution in [2.45, 2.75) is 32.8 Å². The van der Waals surface area contributed by atoms with E-state index in [1.807, 2.05) is 11.4 Å². The van der Waals surface area contributed by atoms with Gasteiger partial charge in [0.15, 0.2) is 0 Å². The molecule has 1 nitrogen and oxygen atoms in total. The predicted molar refractivity (Wildman–Crippen MR) is 64.9 cm³/mol. The van der Waals surface area contributed by atoms with Gasteiger partial charge in [0.1, 0.15) is 0 Å². The van der Waals surface area contributed by atoms with E-state index in [2.05, 4.69) is 25.3 Å². The topological polar surface area (TPSA) is 20.2 Å². The summed E-state index contributed by atoms with van der Waals surface area (Å²) < 4.78 is 0. The van der Waals surface area contributed by atoms with Gasteiger partial charge in [0, 0.05) is 0 Å². The van der Waals surface area contributed by atoms with E-state index in [-0.39, 0.29) is 6.10 Å². The van der Waals surface area contributed by atoms with E-state index in [0.717, 1.165) is 18.4 Å². The summed E-state index contributed by atoms with van der Waals surface area (Å²) in [4.78, 5) is 0. The second-order valence-electron chi connectivity index (χ2n) is 4.69. The zero-order valence-corrected chi connectivity index (χ0v) is 10.1. The van der Waals surface area contributed by atoms with E-state index < -0.39 is 0 Å². The van der Waals surface area contributed by atoms with Crippen LogP contribution in [0.5, 0.6) is 0 Å². The average Bonchev–Trinajstić information content (AvgIpc) is 2.67. The quantitative estimate of drug-likeness (QED) is 0.755. The Labute approximate surface area is 95.5 Å². The molecule has 0 radical (unpaired) electrons. The van der Waals surface area contributed by atoms with Gasteiger partial charge < -0.3 is 5.11 Å². The fourth-order valence-electron chi connectivity index (χ4n) is 2.55. The molecule has 2 rings (SSSR count). The number of aliphatic hydroxyl groups is 1. The summed E-state index contributed by atoms with van der Waals surface area (Å²) in [5.74, 6) is 1.01. The van der Waals surface area contributed by atoms with Crippen LogP contribution in [0, 0.1) is 11.8 Å². The Balaban J connectivity index is 2.09. The number of hydrogen-bond donors (Lipinski definition) is 1. The van der Waals surface area contributed by atoms with Gasteiger partial charge in [-0.15, -0.1) is 0 Å². The Hall–Kier alpha value is -0.600. The molecule has 0 aromatic carbocycles. The third kappa shape index (κ3) is 2.50. The van der Waals surface area contributed by atoms with E-state index in [9.17, 15) is 5.11 Å². The molecule has 0 spiro atoms. The van der Waals surface area contributed by atoms with E-state index in [1.165, 1.54) is 5.57 Å². The second-order valence-corrected chi connectivity index (χ2v) is 5.47. The first-order chi connectivity index (χ1) is 7.16. The first-order valence-corrected chi connectivity index (χ1v) is 6.48. The van der Waals surface area contributed by atoms with Crippen molar-refractivity contribution in [1.29, 1.82) is 0 Å². The molecule has 15 heavy (non-hydrogen) atoms. The molecule has 0 bridgehead atoms. The van der Waals surface area contributed by atoms with Crippen molar-refractivity contribution in [3.05, 3.63) is 34.0 Å². The molecule has 1 N–H and O–H groups in total. The van der Waals surface area contributed by atoms with Gasteiger partial charge in [-0.25, -0.2) is 0 Å². The molecule has 2 heteroatoms. The molecule has 1 aliphatic carbocycles. The molecule has 0 aliphatic heterocycles. The fraction of sp³-hybridized carbons (Fsp3) is 0.538. The lowest BCUT2D eigenvalue weighted by molar-refractivity contribution is 0.0936. The molecule has 3 atom stereocenters. The molecule has 1 aliphatic rings. The smallest absolute Gasteiger partial charge is 0.0829 e. The number of rotatable bonds is 2. The van der Waals surface area contributed by atoms with Gasteiger partial charge in [0.05, 0.1) is 6.10 Å². The van der Waals surface area contributed by atoms with Crippen molar-refractivity contribution < 1.29 is 5.11 Å². The summed E-state index contributed by atoms with van der Waals surface area (Å²) in [5.41, 5.74) is 2.51. The average molecular weight is 222 g/mol. The molecule has 1 aromatic rings. The van der Waals surface area contributed by atoms with Crippen molar-refractivity contribution in [3.8, 4) is 0 Å². The highest BCUT2D eigenvalue weighted by Crippen LogP contribution is 2.37. The van der Waals surface area contributed by atoms with Crippen molar-refractivity contribution in [1.82, 2.24) is 0 Å². The van der Waals surface area contributed by atoms with Crippen LogP contribution >= 0.6 is 11.3 Å². The summed E-state index contributed by atoms with van der Waals surface area (Å²) in [6, 6.07) is 2.04. The summed E-state index contributed by atoms with van der Waals surface area (Å²) in [6.07, 6.45) is 4.20. The Bertz CT molecular complexity index is 339. The summed E-state index contributed by atoms with van der Waals surface area (Å²) >= 11 is 1.66. The van der Waals surface area contributed by atoms with Crippen LogP contribution in [0.1, 0.15) is 38.4 Å². The van der Waals surface area contributed by atoms with E-state index in [1.54, 1.807) is 11.3 Å². The molecule has 1 aromatic heterocycles. The highest BCUT2D eigenvalue weighted by molar-refractivity contribution is 7.07. The van der Waals surface area contributed by atoms with Crippen LogP contribution in [0.2, 0.25) is 0 Å². The van der Waals surface area contributed by atoms with E-state index >= 15 is 0 Å². The first-order valence-electron chi connectivity index (χ1n) is 5.54. The Kier molecular flexibility index (Phi) is 3.27. The van der Waals surface area contributed by atoms with Crippen molar-refractivity contribution in [2.75, 3.05) is 0 Å². The third-order valence-electron chi connectivity index (χ3n) is 3.16. The highest BCUT2D eigenvalue weighted by Gasteiger charge is 2.25. The van der Waals surface area contributed by atoms with Gasteiger partial charge in [0.2, 0.25) is 0 Å². The second kappa shape index (κ2) is 4.50. The number of aliphatic hydroxyl groups excluding tert-OH is 1. The Morgan fingerprint density at radius 1 is 1.53 bits per heavy atom. The minimum atomic E-state index is -0.276. The van der Waals surface area contributed by atoms with Gasteiger partial charge in [-0.05, 0) is 54.0 Å². The lowest BCUT2D eigenvalue weighted by atomic mass is 9.79. The van der Waals surface area contributed by atoms with Gasteiger partial charge >= 0.3 is 0 Å². The maximum Gasteiger partial charge on any atom is 0.0829 e. The maximum absolute atomic E-state index is 10.2. The van der Waals surface area contributed by atoms with Gasteiger partial charge in [-0.1, -0.05) is 18.6 Å². The number of allylic oxidation sites excluding steroid dienone is 2. The highest BCUT2D eigenvalue weighted by atomic mass is 32.1. The molecule has 0 amide bonds. The lowest BCUT2D eigenvalue weighted by Gasteiger charge is -2.29. The Morgan fingerprint density at radius 2 is 2.33 bits per heavy atom. The fourth-order valence-corrected chi connectivity index (χ4v) is 3.24. The standard InChI is InChI=1S/C13H18OS/c1-9-5-10(2)7-12(6-9)13(14)11-3-4-15-8-11/h3-5,8-9,12-14H,6-7H2,1-2H3. The maximum atomic E-state index is 10.2. The minimum absolute atomic E-state index is 0.276. The van der Waals surface area contributed by atoms with Gasteiger partial charge in [-0.2, -0.15) is 11.3 Å². The van der Waals surface area contributed by atoms with E-state index in [4.69, 9.17) is 0 Å². The van der Waals surface area contributed by atoms with Gasteiger partial charge in [-0.3, -0.25) is 0 Å². The number of thiophene rings is 1. The minimum Gasteiger partial charge on any atom is -0.388 e. The molecule has 0 saturated heterocycles. The molecule has 3 unspecified atom stereocenters. The monoisotopic (exact) mass is 222 g/mol. The molecular weight excluding hydrogens is 204 g/mol. The zero-order chi connectivity index (χ0) is 10.8. The largest absolute Gasteiger partial charge is 0.388 e. The first kappa shape index (κ1) is 10.9. The molecule has 1 heterocycles. The van der Waals surface area contributed by atoms with Crippen LogP contribution < -0.4 is 0 Å². The molecule has 0 fully saturated rings. The molecule has 82 valence electrons. The van der Waals surface area contributed by atoms with Crippen LogP contribution in [0.15, 0.2) is 28.5 Å². The summed E-state index contributed by atoms with van der Waals surface area (Å²) in [6.45, 7) is 4.40. The van der Waals surface area contributed by atoms with E-state index in [0.29, 0.717) is 11.8 Å². The van der Waals surface area contributed by atoms with Crippen molar-refractivity contribution in [3.63, 3.8) is 0 Å². The normalized spacial score (nSPS) is 28.6. The molecule has 0 saturated carbocycles.